The normalized spacial score (nSPS) is 15.3. The maximum atomic E-state index is 13.4. The molecule has 0 unspecified atom stereocenters. The number of anilines is 1. The summed E-state index contributed by atoms with van der Waals surface area (Å²) in [5.41, 5.74) is 3.39. The highest BCUT2D eigenvalue weighted by Crippen LogP contribution is 2.26. The molecule has 0 aromatic heterocycles. The summed E-state index contributed by atoms with van der Waals surface area (Å²) in [5, 5.41) is 12.8. The van der Waals surface area contributed by atoms with Crippen LogP contribution in [0.5, 0.6) is 0 Å². The Labute approximate surface area is 210 Å². The lowest BCUT2D eigenvalue weighted by Crippen LogP contribution is -2.48. The minimum absolute atomic E-state index is 0.0681. The van der Waals surface area contributed by atoms with Gasteiger partial charge in [0.1, 0.15) is 5.82 Å². The van der Waals surface area contributed by atoms with Crippen LogP contribution >= 0.6 is 0 Å². The fourth-order valence-electron chi connectivity index (χ4n) is 4.54. The lowest BCUT2D eigenvalue weighted by atomic mass is 9.99. The zero-order valence-corrected chi connectivity index (χ0v) is 20.8. The molecule has 2 heterocycles. The molecule has 0 aliphatic carbocycles. The van der Waals surface area contributed by atoms with E-state index in [-0.39, 0.29) is 18.4 Å². The van der Waals surface area contributed by atoms with Crippen LogP contribution in [0.1, 0.15) is 37.0 Å². The van der Waals surface area contributed by atoms with Crippen molar-refractivity contribution in [3.8, 4) is 0 Å². The summed E-state index contributed by atoms with van der Waals surface area (Å²) in [6, 6.07) is 11.8. The largest absolute Gasteiger partial charge is 0.389 e. The van der Waals surface area contributed by atoms with Gasteiger partial charge in [-0.25, -0.2) is 9.18 Å². The summed E-state index contributed by atoms with van der Waals surface area (Å²) in [5.74, 6) is -1.53. The molecule has 8 nitrogen and oxygen atoms in total. The van der Waals surface area contributed by atoms with E-state index in [9.17, 15) is 23.9 Å². The van der Waals surface area contributed by atoms with Gasteiger partial charge in [-0.3, -0.25) is 9.59 Å². The highest BCUT2D eigenvalue weighted by Gasteiger charge is 2.29. The van der Waals surface area contributed by atoms with Crippen LogP contribution in [0.25, 0.3) is 5.57 Å². The van der Waals surface area contributed by atoms with E-state index in [1.807, 2.05) is 30.3 Å². The number of benzene rings is 2. The molecule has 2 N–H and O–H groups in total. The number of hydrogen-bond acceptors (Lipinski definition) is 4. The second-order valence-electron chi connectivity index (χ2n) is 9.98. The third kappa shape index (κ3) is 5.91. The number of nitrogens with zero attached hydrogens (tertiary/aromatic N) is 3. The quantitative estimate of drug-likeness (QED) is 0.639. The van der Waals surface area contributed by atoms with Gasteiger partial charge in [0.15, 0.2) is 0 Å². The van der Waals surface area contributed by atoms with Crippen molar-refractivity contribution >= 4 is 29.1 Å². The lowest BCUT2D eigenvalue weighted by Gasteiger charge is -2.30. The molecule has 2 aliphatic rings. The first-order chi connectivity index (χ1) is 17.0. The van der Waals surface area contributed by atoms with Crippen molar-refractivity contribution in [1.29, 1.82) is 0 Å². The highest BCUT2D eigenvalue weighted by atomic mass is 19.1. The third-order valence-electron chi connectivity index (χ3n) is 6.34. The van der Waals surface area contributed by atoms with E-state index in [0.717, 1.165) is 22.3 Å². The molecule has 4 rings (SSSR count). The van der Waals surface area contributed by atoms with E-state index < -0.39 is 17.4 Å². The zero-order chi connectivity index (χ0) is 26.0. The van der Waals surface area contributed by atoms with Crippen molar-refractivity contribution in [3.63, 3.8) is 0 Å². The lowest BCUT2D eigenvalue weighted by molar-refractivity contribution is -0.152. The SMILES string of the molecule is CN(CC(C)(C)O)C(=O)C(=O)N1CC=C(c2ccc(NC(=O)N3Cc4ccc(F)cc4C3)cc2)CC1. The molecule has 0 fully saturated rings. The van der Waals surface area contributed by atoms with Gasteiger partial charge in [0.05, 0.1) is 5.60 Å². The van der Waals surface area contributed by atoms with Gasteiger partial charge in [-0.05, 0) is 66.8 Å². The molecule has 190 valence electrons. The van der Waals surface area contributed by atoms with E-state index >= 15 is 0 Å². The van der Waals surface area contributed by atoms with Gasteiger partial charge >= 0.3 is 17.8 Å². The molecular formula is C27H31FN4O4. The summed E-state index contributed by atoms with van der Waals surface area (Å²) in [4.78, 5) is 42.0. The summed E-state index contributed by atoms with van der Waals surface area (Å²) in [6.45, 7) is 4.79. The van der Waals surface area contributed by atoms with Crippen molar-refractivity contribution in [1.82, 2.24) is 14.7 Å². The van der Waals surface area contributed by atoms with Crippen molar-refractivity contribution in [2.75, 3.05) is 32.0 Å². The van der Waals surface area contributed by atoms with Crippen LogP contribution in [-0.2, 0) is 22.7 Å². The molecular weight excluding hydrogens is 463 g/mol. The van der Waals surface area contributed by atoms with Crippen molar-refractivity contribution in [2.45, 2.75) is 39.0 Å². The Hall–Kier alpha value is -3.72. The molecule has 2 aliphatic heterocycles. The van der Waals surface area contributed by atoms with Crippen molar-refractivity contribution < 1.29 is 23.9 Å². The Bertz CT molecular complexity index is 1200. The number of halogens is 1. The van der Waals surface area contributed by atoms with E-state index in [2.05, 4.69) is 5.32 Å². The van der Waals surface area contributed by atoms with Crippen LogP contribution in [0.15, 0.2) is 48.5 Å². The summed E-state index contributed by atoms with van der Waals surface area (Å²) in [7, 11) is 1.51. The molecule has 36 heavy (non-hydrogen) atoms. The smallest absolute Gasteiger partial charge is 0.322 e. The first-order valence-corrected chi connectivity index (χ1v) is 11.9. The number of urea groups is 1. The standard InChI is InChI=1S/C27H31FN4O4/c1-27(2,36)17-30(3)24(33)25(34)31-12-10-19(11-13-31)18-5-8-23(9-6-18)29-26(35)32-15-20-4-7-22(28)14-21(20)16-32/h4-10,14,36H,11-13,15-17H2,1-3H3,(H,29,35). The van der Waals surface area contributed by atoms with Crippen LogP contribution < -0.4 is 5.32 Å². The van der Waals surface area contributed by atoms with Crippen LogP contribution in [-0.4, -0.2) is 69.9 Å². The first-order valence-electron chi connectivity index (χ1n) is 11.9. The fraction of sp³-hybridized carbons (Fsp3) is 0.370. The Morgan fingerprint density at radius 1 is 1.06 bits per heavy atom. The number of nitrogens with one attached hydrogen (secondary N) is 1. The van der Waals surface area contributed by atoms with Gasteiger partial charge in [-0.2, -0.15) is 0 Å². The van der Waals surface area contributed by atoms with Crippen LogP contribution in [0, 0.1) is 5.82 Å². The van der Waals surface area contributed by atoms with E-state index in [1.165, 1.54) is 29.0 Å². The second kappa shape index (κ2) is 10.1. The Morgan fingerprint density at radius 2 is 1.75 bits per heavy atom. The molecule has 0 saturated carbocycles. The molecule has 9 heteroatoms. The monoisotopic (exact) mass is 494 g/mol. The predicted molar refractivity (Wildman–Crippen MR) is 134 cm³/mol. The minimum Gasteiger partial charge on any atom is -0.389 e. The number of carbonyl (C=O) groups is 3. The molecule has 2 aromatic rings. The maximum Gasteiger partial charge on any atom is 0.322 e. The van der Waals surface area contributed by atoms with Gasteiger partial charge < -0.3 is 25.1 Å². The number of amides is 4. The molecule has 0 bridgehead atoms. The molecule has 4 amide bonds. The Balaban J connectivity index is 1.31. The average Bonchev–Trinajstić information content (AvgIpc) is 3.26. The molecule has 0 radical (unpaired) electrons. The molecule has 2 aromatic carbocycles. The number of hydrogen-bond donors (Lipinski definition) is 2. The molecule has 0 spiro atoms. The van der Waals surface area contributed by atoms with Crippen LogP contribution in [0.3, 0.4) is 0 Å². The molecule has 0 atom stereocenters. The number of aliphatic hydroxyl groups is 1. The number of carbonyl (C=O) groups excluding carboxylic acids is 3. The zero-order valence-electron chi connectivity index (χ0n) is 20.8. The van der Waals surface area contributed by atoms with Gasteiger partial charge in [0.2, 0.25) is 0 Å². The highest BCUT2D eigenvalue weighted by molar-refractivity contribution is 6.34. The summed E-state index contributed by atoms with van der Waals surface area (Å²) < 4.78 is 13.4. The van der Waals surface area contributed by atoms with Crippen LogP contribution in [0.4, 0.5) is 14.9 Å². The number of likely N-dealkylation sites (N-methyl/N-ethyl adjacent to an activating group) is 1. The van der Waals surface area contributed by atoms with E-state index in [1.54, 1.807) is 24.8 Å². The topological polar surface area (TPSA) is 93.2 Å². The first kappa shape index (κ1) is 25.4. The van der Waals surface area contributed by atoms with E-state index in [0.29, 0.717) is 38.3 Å². The number of rotatable bonds is 4. The Morgan fingerprint density at radius 3 is 2.39 bits per heavy atom. The summed E-state index contributed by atoms with van der Waals surface area (Å²) >= 11 is 0. The fourth-order valence-corrected chi connectivity index (χ4v) is 4.54. The van der Waals surface area contributed by atoms with E-state index in [4.69, 9.17) is 0 Å². The molecule has 0 saturated heterocycles. The Kier molecular flexibility index (Phi) is 7.12. The third-order valence-corrected chi connectivity index (χ3v) is 6.34. The van der Waals surface area contributed by atoms with Crippen LogP contribution in [0.2, 0.25) is 0 Å². The second-order valence-corrected chi connectivity index (χ2v) is 9.98. The van der Waals surface area contributed by atoms with Crippen molar-refractivity contribution in [3.05, 3.63) is 71.0 Å². The minimum atomic E-state index is -1.08. The van der Waals surface area contributed by atoms with Gasteiger partial charge in [-0.15, -0.1) is 0 Å². The van der Waals surface area contributed by atoms with Gasteiger partial charge in [0, 0.05) is 45.5 Å². The maximum absolute atomic E-state index is 13.4. The average molecular weight is 495 g/mol. The van der Waals surface area contributed by atoms with Crippen molar-refractivity contribution in [2.24, 2.45) is 0 Å². The summed E-state index contributed by atoms with van der Waals surface area (Å²) in [6.07, 6.45) is 2.53. The predicted octanol–water partition coefficient (Wildman–Crippen LogP) is 3.22. The van der Waals surface area contributed by atoms with Gasteiger partial charge in [-0.1, -0.05) is 24.3 Å². The number of fused-ring (bicyclic) bond motifs is 1. The van der Waals surface area contributed by atoms with Gasteiger partial charge in [0.25, 0.3) is 0 Å².